The fraction of sp³-hybridized carbons (Fsp3) is 0.0741. The van der Waals surface area contributed by atoms with Crippen molar-refractivity contribution in [3.8, 4) is 22.3 Å². The molecule has 0 saturated heterocycles. The van der Waals surface area contributed by atoms with Crippen molar-refractivity contribution in [2.45, 2.75) is 32.1 Å². The maximum absolute atomic E-state index is 2.47. The van der Waals surface area contributed by atoms with Crippen LogP contribution in [0.3, 0.4) is 0 Å². The van der Waals surface area contributed by atoms with Crippen LogP contribution in [0.4, 0.5) is 0 Å². The maximum Gasteiger partial charge on any atom is 0.0454 e. The lowest BCUT2D eigenvalue weighted by Gasteiger charge is -2.26. The van der Waals surface area contributed by atoms with Crippen LogP contribution in [0.5, 0.6) is 0 Å². The topological polar surface area (TPSA) is 0 Å². The quantitative estimate of drug-likeness (QED) is 0.164. The molecular formula is C54H36S2. The highest BCUT2D eigenvalue weighted by molar-refractivity contribution is 8.01. The lowest BCUT2D eigenvalue weighted by Crippen LogP contribution is -2.15. The number of fused-ring (bicyclic) bond motifs is 12. The molecule has 2 aliphatic carbocycles. The first-order valence-corrected chi connectivity index (χ1v) is 21.4. The molecule has 0 saturated carbocycles. The van der Waals surface area contributed by atoms with Gasteiger partial charge in [0.15, 0.2) is 0 Å². The van der Waals surface area contributed by atoms with Crippen LogP contribution in [0.2, 0.25) is 0 Å². The molecule has 0 bridgehead atoms. The molecule has 0 fully saturated rings. The summed E-state index contributed by atoms with van der Waals surface area (Å²) in [6, 6.07) is 59.0. The monoisotopic (exact) mass is 748 g/mol. The van der Waals surface area contributed by atoms with E-state index in [9.17, 15) is 0 Å². The summed E-state index contributed by atoms with van der Waals surface area (Å²) in [5.74, 6) is 0.704. The molecule has 2 aliphatic heterocycles. The summed E-state index contributed by atoms with van der Waals surface area (Å²) in [6.07, 6.45) is 14.2. The Bertz CT molecular complexity index is 3020. The Kier molecular flexibility index (Phi) is 7.46. The van der Waals surface area contributed by atoms with E-state index in [1.807, 2.05) is 11.8 Å². The number of thioether (sulfide) groups is 2. The van der Waals surface area contributed by atoms with Gasteiger partial charge < -0.3 is 0 Å². The zero-order chi connectivity index (χ0) is 36.7. The van der Waals surface area contributed by atoms with Gasteiger partial charge in [0.25, 0.3) is 0 Å². The molecule has 0 radical (unpaired) electrons. The summed E-state index contributed by atoms with van der Waals surface area (Å²) < 4.78 is 0. The average Bonchev–Trinajstić information content (AvgIpc) is 3.86. The van der Waals surface area contributed by atoms with Crippen LogP contribution in [-0.4, -0.2) is 10.5 Å². The molecule has 2 heterocycles. The van der Waals surface area contributed by atoms with Crippen LogP contribution in [0.15, 0.2) is 204 Å². The summed E-state index contributed by atoms with van der Waals surface area (Å²) in [6.45, 7) is 0. The second-order valence-corrected chi connectivity index (χ2v) is 17.7. The van der Waals surface area contributed by atoms with Gasteiger partial charge in [-0.25, -0.2) is 0 Å². The molecule has 4 aliphatic rings. The maximum atomic E-state index is 2.47. The minimum Gasteiger partial charge on any atom is -0.116 e. The minimum absolute atomic E-state index is 0.322. The molecule has 0 N–H and O–H groups in total. The van der Waals surface area contributed by atoms with E-state index in [0.717, 1.165) is 0 Å². The van der Waals surface area contributed by atoms with Gasteiger partial charge in [-0.1, -0.05) is 182 Å². The van der Waals surface area contributed by atoms with Crippen molar-refractivity contribution in [1.82, 2.24) is 0 Å². The first-order valence-electron chi connectivity index (χ1n) is 19.6. The van der Waals surface area contributed by atoms with Gasteiger partial charge in [0.05, 0.1) is 0 Å². The molecule has 12 rings (SSSR count). The van der Waals surface area contributed by atoms with Gasteiger partial charge >= 0.3 is 0 Å². The van der Waals surface area contributed by atoms with Crippen molar-refractivity contribution in [3.05, 3.63) is 216 Å². The van der Waals surface area contributed by atoms with Gasteiger partial charge in [-0.15, -0.1) is 23.5 Å². The van der Waals surface area contributed by atoms with Crippen molar-refractivity contribution in [2.24, 2.45) is 0 Å². The van der Waals surface area contributed by atoms with Crippen LogP contribution in [0.25, 0.3) is 65.7 Å². The third kappa shape index (κ3) is 4.96. The minimum atomic E-state index is 0.322. The summed E-state index contributed by atoms with van der Waals surface area (Å²) in [7, 11) is 0. The number of hydrogen-bond acceptors (Lipinski definition) is 2. The highest BCUT2D eigenvalue weighted by Gasteiger charge is 2.39. The molecular weight excluding hydrogens is 713 g/mol. The first kappa shape index (κ1) is 32.4. The molecule has 0 amide bonds. The summed E-state index contributed by atoms with van der Waals surface area (Å²) in [4.78, 5) is 2.84. The van der Waals surface area contributed by atoms with Crippen LogP contribution in [-0.2, 0) is 0 Å². The summed E-state index contributed by atoms with van der Waals surface area (Å²) >= 11 is 4.10. The summed E-state index contributed by atoms with van der Waals surface area (Å²) in [5, 5.41) is 8.58. The number of hydrogen-bond donors (Lipinski definition) is 0. The van der Waals surface area contributed by atoms with Crippen molar-refractivity contribution < 1.29 is 0 Å². The van der Waals surface area contributed by atoms with Crippen LogP contribution < -0.4 is 0 Å². The largest absolute Gasteiger partial charge is 0.116 e. The van der Waals surface area contributed by atoms with Gasteiger partial charge in [0, 0.05) is 32.1 Å². The second-order valence-electron chi connectivity index (χ2n) is 15.4. The molecule has 56 heavy (non-hydrogen) atoms. The molecule has 8 aromatic carbocycles. The molecule has 4 unspecified atom stereocenters. The van der Waals surface area contributed by atoms with Crippen molar-refractivity contribution in [3.63, 3.8) is 0 Å². The SMILES string of the molecule is C1=CC2c3cccc(-c4ccccc4)c3SC2C(c2cccc(C3=CC=CC4c5cccc(-c6ccc7c8ccccc8c8ccccc8c7c6)c5SC34)c2)=C1. The van der Waals surface area contributed by atoms with Crippen LogP contribution in [0.1, 0.15) is 34.1 Å². The number of rotatable bonds is 4. The Labute approximate surface area is 336 Å². The molecule has 0 aromatic heterocycles. The number of allylic oxidation sites excluding steroid dienone is 6. The smallest absolute Gasteiger partial charge is 0.0454 e. The average molecular weight is 749 g/mol. The predicted octanol–water partition coefficient (Wildman–Crippen LogP) is 14.9. The third-order valence-electron chi connectivity index (χ3n) is 12.4. The zero-order valence-electron chi connectivity index (χ0n) is 30.6. The Hall–Kier alpha value is -5.80. The predicted molar refractivity (Wildman–Crippen MR) is 242 cm³/mol. The van der Waals surface area contributed by atoms with Gasteiger partial charge in [0.1, 0.15) is 0 Å². The Morgan fingerprint density at radius 2 is 0.804 bits per heavy atom. The van der Waals surface area contributed by atoms with Crippen molar-refractivity contribution in [2.75, 3.05) is 0 Å². The highest BCUT2D eigenvalue weighted by atomic mass is 32.2. The highest BCUT2D eigenvalue weighted by Crippen LogP contribution is 2.57. The molecule has 264 valence electrons. The molecule has 0 nitrogen and oxygen atoms in total. The van der Waals surface area contributed by atoms with E-state index in [0.29, 0.717) is 22.3 Å². The van der Waals surface area contributed by atoms with E-state index in [-0.39, 0.29) is 0 Å². The Morgan fingerprint density at radius 1 is 0.339 bits per heavy atom. The van der Waals surface area contributed by atoms with Gasteiger partial charge in [-0.05, 0) is 100 Å². The summed E-state index contributed by atoms with van der Waals surface area (Å²) in [5.41, 5.74) is 13.6. The van der Waals surface area contributed by atoms with E-state index < -0.39 is 0 Å². The van der Waals surface area contributed by atoms with Gasteiger partial charge in [-0.2, -0.15) is 0 Å². The first-order chi connectivity index (χ1) is 27.8. The lowest BCUT2D eigenvalue weighted by molar-refractivity contribution is 0.891. The van der Waals surface area contributed by atoms with Gasteiger partial charge in [-0.3, -0.25) is 0 Å². The third-order valence-corrected chi connectivity index (χ3v) is 15.4. The van der Waals surface area contributed by atoms with Crippen molar-refractivity contribution >= 4 is 67.0 Å². The fourth-order valence-electron chi connectivity index (χ4n) is 9.84. The van der Waals surface area contributed by atoms with Crippen LogP contribution in [0, 0.1) is 0 Å². The Balaban J connectivity index is 0.888. The van der Waals surface area contributed by atoms with Gasteiger partial charge in [0.2, 0.25) is 0 Å². The fourth-order valence-corrected chi connectivity index (χ4v) is 13.1. The normalized spacial score (nSPS) is 20.4. The van der Waals surface area contributed by atoms with E-state index >= 15 is 0 Å². The molecule has 0 spiro atoms. The van der Waals surface area contributed by atoms with E-state index in [4.69, 9.17) is 0 Å². The standard InChI is InChI=1S/C54H36S2/c1-2-13-33(14-3-1)37-21-9-25-46-47-26-10-22-38(52(47)55-51(37)46)34-15-8-16-35(31-34)39-23-11-27-48-49-28-12-24-40(54(49)56-53(39)48)36-29-30-45-43-19-5-4-17-41(43)42-18-6-7-20-44(42)50(45)32-36/h1-32,47-48,52-53H. The molecule has 2 heteroatoms. The second kappa shape index (κ2) is 12.9. The lowest BCUT2D eigenvalue weighted by atomic mass is 9.82. The zero-order valence-corrected chi connectivity index (χ0v) is 32.2. The Morgan fingerprint density at radius 3 is 1.38 bits per heavy atom. The van der Waals surface area contributed by atoms with Crippen LogP contribution >= 0.6 is 23.5 Å². The molecule has 8 aromatic rings. The van der Waals surface area contributed by atoms with E-state index in [2.05, 4.69) is 206 Å². The molecule has 4 atom stereocenters. The van der Waals surface area contributed by atoms with Crippen molar-refractivity contribution in [1.29, 1.82) is 0 Å². The van der Waals surface area contributed by atoms with E-state index in [1.165, 1.54) is 97.8 Å². The van der Waals surface area contributed by atoms with E-state index in [1.54, 1.807) is 0 Å². The number of benzene rings is 8.